The molecular formula is C75H108O13Si2. The van der Waals surface area contributed by atoms with Crippen LogP contribution in [0.4, 0.5) is 0 Å². The number of methoxy groups -OCH3 is 2. The fourth-order valence-corrected chi connectivity index (χ4v) is 22.1. The minimum atomic E-state index is -2.75. The number of epoxide rings is 1. The molecule has 13 nitrogen and oxygen atoms in total. The Morgan fingerprint density at radius 2 is 1.21 bits per heavy atom. The molecule has 90 heavy (non-hydrogen) atoms. The van der Waals surface area contributed by atoms with E-state index in [0.29, 0.717) is 45.7 Å². The molecule has 0 aromatic heterocycles. The highest BCUT2D eigenvalue weighted by atomic mass is 28.4. The number of hydrogen-bond donors (Lipinski definition) is 2. The zero-order chi connectivity index (χ0) is 64.2. The Balaban J connectivity index is 0.892. The van der Waals surface area contributed by atoms with Gasteiger partial charge in [-0.25, -0.2) is 0 Å². The second kappa shape index (κ2) is 30.8. The van der Waals surface area contributed by atoms with Gasteiger partial charge < -0.3 is 61.7 Å². The van der Waals surface area contributed by atoms with E-state index < -0.39 is 57.5 Å². The monoisotopic (exact) mass is 1270 g/mol. The molecule has 0 radical (unpaired) electrons. The van der Waals surface area contributed by atoms with E-state index in [9.17, 15) is 10.2 Å². The Morgan fingerprint density at radius 1 is 0.633 bits per heavy atom. The highest BCUT2D eigenvalue weighted by Crippen LogP contribution is 2.52. The normalized spacial score (nSPS) is 26.2. The quantitative estimate of drug-likeness (QED) is 0.0298. The Hall–Kier alpha value is -4.31. The molecule has 5 aromatic carbocycles. The summed E-state index contributed by atoms with van der Waals surface area (Å²) in [5.41, 5.74) is 1.01. The van der Waals surface area contributed by atoms with Crippen LogP contribution in [0.15, 0.2) is 140 Å². The van der Waals surface area contributed by atoms with E-state index in [-0.39, 0.29) is 54.5 Å². The molecule has 1 unspecified atom stereocenters. The van der Waals surface area contributed by atoms with Crippen molar-refractivity contribution >= 4 is 27.0 Å². The van der Waals surface area contributed by atoms with Crippen LogP contribution in [0.1, 0.15) is 157 Å². The highest BCUT2D eigenvalue weighted by molar-refractivity contribution is 6.99. The minimum absolute atomic E-state index is 0.0298. The van der Waals surface area contributed by atoms with Gasteiger partial charge in [-0.3, -0.25) is 0 Å². The average molecular weight is 1270 g/mol. The van der Waals surface area contributed by atoms with E-state index in [0.717, 1.165) is 91.3 Å². The first kappa shape index (κ1) is 70.0. The SMILES string of the molecule is CC[Si](CC)(CC)OC(C[C@]1(C)O[C@H]1[C@@H]1CC[C@]2(CCC[C@@H]([C@@H](C)CO[Si](c3ccccc3)(c3ccccc3)C(C)(C)C)O2)O1)[C@@H](O)[C@@H](O)C[C@](C)(CC[C@@H](OCc1ccc(OC)cc1)[C@H]1CC[C@](C)(COCc2ccccc2)O1)OCc1ccc(OC)cc1. The summed E-state index contributed by atoms with van der Waals surface area (Å²) in [5.74, 6) is 0.961. The smallest absolute Gasteiger partial charge is 0.261 e. The lowest BCUT2D eigenvalue weighted by Crippen LogP contribution is -2.67. The number of hydrogen-bond acceptors (Lipinski definition) is 13. The van der Waals surface area contributed by atoms with Crippen molar-refractivity contribution in [2.45, 2.75) is 254 Å². The van der Waals surface area contributed by atoms with Crippen LogP contribution in [0.2, 0.25) is 23.2 Å². The van der Waals surface area contributed by atoms with Gasteiger partial charge in [0.05, 0.1) is 94.1 Å². The van der Waals surface area contributed by atoms with Crippen LogP contribution in [0.25, 0.3) is 0 Å². The third kappa shape index (κ3) is 17.3. The third-order valence-electron chi connectivity index (χ3n) is 20.5. The predicted octanol–water partition coefficient (Wildman–Crippen LogP) is 14.2. The van der Waals surface area contributed by atoms with Crippen LogP contribution < -0.4 is 19.8 Å². The van der Waals surface area contributed by atoms with Gasteiger partial charge in [0.25, 0.3) is 8.32 Å². The minimum Gasteiger partial charge on any atom is -0.497 e. The summed E-state index contributed by atoms with van der Waals surface area (Å²) in [7, 11) is -1.78. The van der Waals surface area contributed by atoms with Crippen molar-refractivity contribution in [2.75, 3.05) is 27.4 Å². The van der Waals surface area contributed by atoms with Gasteiger partial charge in [-0.1, -0.05) is 164 Å². The first-order chi connectivity index (χ1) is 43.1. The van der Waals surface area contributed by atoms with Crippen LogP contribution in [0, 0.1) is 5.92 Å². The Bertz CT molecular complexity index is 2880. The lowest BCUT2D eigenvalue weighted by Gasteiger charge is -2.45. The molecule has 4 fully saturated rings. The summed E-state index contributed by atoms with van der Waals surface area (Å²) in [4.78, 5) is 0. The average Bonchev–Trinajstić information content (AvgIpc) is 1.40. The molecule has 5 aromatic rings. The van der Waals surface area contributed by atoms with Gasteiger partial charge in [-0.15, -0.1) is 0 Å². The van der Waals surface area contributed by atoms with E-state index in [1.54, 1.807) is 14.2 Å². The molecule has 0 amide bonds. The Kier molecular flexibility index (Phi) is 24.0. The summed E-state index contributed by atoms with van der Waals surface area (Å²) in [5, 5.41) is 27.9. The topological polar surface area (TPSA) is 145 Å². The highest BCUT2D eigenvalue weighted by Gasteiger charge is 2.62. The standard InChI is InChI=1S/C75H108O13Si2/c1-13-89(14-2,15-3)88-68(49-74(10)70(87-74)67-43-47-75(86-67)44-25-32-64(85-75)55(4)50-83-90(71(5,6)7,61-28-21-17-22-29-61)62-30-23-18-24-31-62)69(77)63(76)48-72(8,82-53-58-35-39-60(79-12)40-36-58)45-41-65(81-52-57-33-37-59(78-11)38-34-57)66-42-46-73(9,84-66)54-80-51-56-26-19-16-20-27-56/h16-24,26-31,33-40,55,63-70,76-77H,13-15,25,32,41-54H2,1-12H3/t55-,63-,64-,65+,66+,67-,68?,69-,70-,72-,73+,74-,75-/m0/s1. The van der Waals surface area contributed by atoms with Gasteiger partial charge in [0.1, 0.15) is 23.7 Å². The zero-order valence-corrected chi connectivity index (χ0v) is 58.3. The Morgan fingerprint density at radius 3 is 1.79 bits per heavy atom. The van der Waals surface area contributed by atoms with E-state index >= 15 is 0 Å². The molecule has 4 saturated heterocycles. The summed E-state index contributed by atoms with van der Waals surface area (Å²) in [6.45, 7) is 24.4. The van der Waals surface area contributed by atoms with Crippen molar-refractivity contribution < 1.29 is 61.7 Å². The van der Waals surface area contributed by atoms with Crippen LogP contribution in [-0.4, -0.2) is 126 Å². The maximum atomic E-state index is 12.8. The van der Waals surface area contributed by atoms with Gasteiger partial charge in [-0.05, 0) is 140 Å². The zero-order valence-electron chi connectivity index (χ0n) is 56.3. The predicted molar refractivity (Wildman–Crippen MR) is 360 cm³/mol. The molecule has 1 spiro atoms. The lowest BCUT2D eigenvalue weighted by molar-refractivity contribution is -0.280. The largest absolute Gasteiger partial charge is 0.497 e. The molecule has 4 aliphatic rings. The van der Waals surface area contributed by atoms with Crippen molar-refractivity contribution in [3.05, 3.63) is 156 Å². The number of benzene rings is 5. The van der Waals surface area contributed by atoms with Gasteiger partial charge in [0.2, 0.25) is 0 Å². The summed E-state index contributed by atoms with van der Waals surface area (Å²) in [6.07, 6.45) is 3.43. The molecule has 0 saturated carbocycles. The van der Waals surface area contributed by atoms with Crippen molar-refractivity contribution in [1.29, 1.82) is 0 Å². The van der Waals surface area contributed by atoms with Crippen molar-refractivity contribution in [2.24, 2.45) is 5.92 Å². The van der Waals surface area contributed by atoms with Gasteiger partial charge in [0, 0.05) is 38.2 Å². The maximum absolute atomic E-state index is 12.8. The molecule has 4 heterocycles. The lowest BCUT2D eigenvalue weighted by atomic mass is 9.85. The molecule has 9 rings (SSSR count). The van der Waals surface area contributed by atoms with E-state index in [1.807, 2.05) is 66.7 Å². The van der Waals surface area contributed by atoms with Crippen LogP contribution in [0.5, 0.6) is 11.5 Å². The molecular weight excluding hydrogens is 1160 g/mol. The van der Waals surface area contributed by atoms with Crippen molar-refractivity contribution in [1.82, 2.24) is 0 Å². The number of rotatable bonds is 34. The first-order valence-corrected chi connectivity index (χ1v) is 38.2. The molecule has 15 heteroatoms. The third-order valence-corrected chi connectivity index (χ3v) is 30.2. The van der Waals surface area contributed by atoms with Crippen LogP contribution in [-0.2, 0) is 61.8 Å². The van der Waals surface area contributed by atoms with Gasteiger partial charge in [0.15, 0.2) is 14.1 Å². The second-order valence-corrected chi connectivity index (χ2v) is 37.3. The number of aliphatic hydroxyl groups is 2. The summed E-state index contributed by atoms with van der Waals surface area (Å²) >= 11 is 0. The first-order valence-electron chi connectivity index (χ1n) is 33.8. The number of ether oxygens (including phenoxy) is 9. The second-order valence-electron chi connectivity index (χ2n) is 28.3. The van der Waals surface area contributed by atoms with E-state index in [4.69, 9.17) is 51.5 Å². The van der Waals surface area contributed by atoms with Crippen LogP contribution in [0.3, 0.4) is 0 Å². The summed E-state index contributed by atoms with van der Waals surface area (Å²) < 4.78 is 74.0. The molecule has 0 aliphatic carbocycles. The molecule has 13 atom stereocenters. The van der Waals surface area contributed by atoms with E-state index in [2.05, 4.69) is 142 Å². The molecule has 2 N–H and O–H groups in total. The number of aliphatic hydroxyl groups excluding tert-OH is 2. The van der Waals surface area contributed by atoms with Crippen molar-refractivity contribution in [3.63, 3.8) is 0 Å². The van der Waals surface area contributed by atoms with Gasteiger partial charge >= 0.3 is 0 Å². The summed E-state index contributed by atoms with van der Waals surface area (Å²) in [6, 6.07) is 50.4. The van der Waals surface area contributed by atoms with Crippen LogP contribution >= 0.6 is 0 Å². The fraction of sp³-hybridized carbons (Fsp3) is 0.600. The fourth-order valence-electron chi connectivity index (χ4n) is 14.6. The molecule has 4 aliphatic heterocycles. The maximum Gasteiger partial charge on any atom is 0.261 e. The van der Waals surface area contributed by atoms with Crippen molar-refractivity contribution in [3.8, 4) is 11.5 Å². The van der Waals surface area contributed by atoms with Gasteiger partial charge in [-0.2, -0.15) is 0 Å². The van der Waals surface area contributed by atoms with E-state index in [1.165, 1.54) is 10.4 Å². The Labute approximate surface area is 541 Å². The molecule has 494 valence electrons. The molecule has 0 bridgehead atoms.